The maximum Gasteiger partial charge on any atom is 0.322 e. The van der Waals surface area contributed by atoms with Gasteiger partial charge >= 0.3 is 5.97 Å². The Kier molecular flexibility index (Phi) is 6.67. The topological polar surface area (TPSA) is 65.2 Å². The molecule has 1 atom stereocenters. The Bertz CT molecular complexity index is 380. The molecule has 1 heterocycles. The van der Waals surface area contributed by atoms with Gasteiger partial charge in [0.1, 0.15) is 6.04 Å². The minimum Gasteiger partial charge on any atom is -0.468 e. The lowest BCUT2D eigenvalue weighted by molar-refractivity contribution is -0.142. The summed E-state index contributed by atoms with van der Waals surface area (Å²) in [6.07, 6.45) is 0.637. The molecule has 0 aliphatic heterocycles. The first-order valence-electron chi connectivity index (χ1n) is 5.90. The maximum atomic E-state index is 11.1. The average molecular weight is 288 g/mol. The van der Waals surface area contributed by atoms with E-state index in [0.29, 0.717) is 12.3 Å². The second-order valence-electron chi connectivity index (χ2n) is 4.30. The van der Waals surface area contributed by atoms with Crippen molar-refractivity contribution >= 4 is 29.1 Å². The first-order chi connectivity index (χ1) is 8.54. The molecular weight excluding hydrogens is 268 g/mol. The number of methoxy groups -OCH3 is 1. The highest BCUT2D eigenvalue weighted by molar-refractivity contribution is 7.98. The SMILES string of the molecule is COC(=O)C(N)CCSCc1csc(C(C)C)n1. The third kappa shape index (κ3) is 4.96. The Balaban J connectivity index is 2.23. The third-order valence-corrected chi connectivity index (χ3v) is 4.61. The summed E-state index contributed by atoms with van der Waals surface area (Å²) in [5.74, 6) is 1.86. The zero-order chi connectivity index (χ0) is 13.5. The van der Waals surface area contributed by atoms with Crippen LogP contribution in [0.25, 0.3) is 0 Å². The Hall–Kier alpha value is -0.590. The largest absolute Gasteiger partial charge is 0.468 e. The molecule has 0 bridgehead atoms. The molecule has 2 N–H and O–H groups in total. The fraction of sp³-hybridized carbons (Fsp3) is 0.667. The summed E-state index contributed by atoms with van der Waals surface area (Å²) in [7, 11) is 1.36. The number of thioether (sulfide) groups is 1. The molecule has 0 spiro atoms. The maximum absolute atomic E-state index is 11.1. The van der Waals surface area contributed by atoms with Crippen molar-refractivity contribution in [1.82, 2.24) is 4.98 Å². The number of rotatable bonds is 7. The summed E-state index contributed by atoms with van der Waals surface area (Å²) in [4.78, 5) is 15.6. The van der Waals surface area contributed by atoms with Crippen molar-refractivity contribution in [3.05, 3.63) is 16.1 Å². The van der Waals surface area contributed by atoms with Gasteiger partial charge in [-0.1, -0.05) is 13.8 Å². The summed E-state index contributed by atoms with van der Waals surface area (Å²) < 4.78 is 4.57. The van der Waals surface area contributed by atoms with Crippen LogP contribution in [0.15, 0.2) is 5.38 Å². The van der Waals surface area contributed by atoms with Gasteiger partial charge in [0, 0.05) is 17.1 Å². The van der Waals surface area contributed by atoms with Crippen LogP contribution in [0.4, 0.5) is 0 Å². The molecule has 0 saturated carbocycles. The van der Waals surface area contributed by atoms with Crippen LogP contribution in [0.1, 0.15) is 36.9 Å². The third-order valence-electron chi connectivity index (χ3n) is 2.39. The first kappa shape index (κ1) is 15.5. The van der Waals surface area contributed by atoms with Gasteiger partial charge in [-0.3, -0.25) is 4.79 Å². The van der Waals surface area contributed by atoms with Gasteiger partial charge in [-0.25, -0.2) is 4.98 Å². The van der Waals surface area contributed by atoms with Gasteiger partial charge in [0.25, 0.3) is 0 Å². The van der Waals surface area contributed by atoms with E-state index in [-0.39, 0.29) is 5.97 Å². The highest BCUT2D eigenvalue weighted by atomic mass is 32.2. The summed E-state index contributed by atoms with van der Waals surface area (Å²) >= 11 is 3.45. The number of hydrogen-bond acceptors (Lipinski definition) is 6. The molecule has 0 radical (unpaired) electrons. The number of carbonyl (C=O) groups is 1. The lowest BCUT2D eigenvalue weighted by atomic mass is 10.2. The van der Waals surface area contributed by atoms with Gasteiger partial charge < -0.3 is 10.5 Å². The van der Waals surface area contributed by atoms with Gasteiger partial charge in [-0.2, -0.15) is 11.8 Å². The predicted molar refractivity (Wildman–Crippen MR) is 77.0 cm³/mol. The second-order valence-corrected chi connectivity index (χ2v) is 6.30. The number of carbonyl (C=O) groups excluding carboxylic acids is 1. The van der Waals surface area contributed by atoms with E-state index in [4.69, 9.17) is 5.73 Å². The summed E-state index contributed by atoms with van der Waals surface area (Å²) in [5, 5.41) is 3.28. The van der Waals surface area contributed by atoms with Crippen LogP contribution in [0.5, 0.6) is 0 Å². The predicted octanol–water partition coefficient (Wildman–Crippen LogP) is 2.39. The van der Waals surface area contributed by atoms with Gasteiger partial charge in [-0.15, -0.1) is 11.3 Å². The Morgan fingerprint density at radius 2 is 2.33 bits per heavy atom. The number of hydrogen-bond donors (Lipinski definition) is 1. The van der Waals surface area contributed by atoms with Gasteiger partial charge in [0.2, 0.25) is 0 Å². The van der Waals surface area contributed by atoms with E-state index in [1.54, 1.807) is 23.1 Å². The van der Waals surface area contributed by atoms with E-state index >= 15 is 0 Å². The second kappa shape index (κ2) is 7.76. The van der Waals surface area contributed by atoms with Gasteiger partial charge in [0.05, 0.1) is 17.8 Å². The Labute approximate surface area is 116 Å². The van der Waals surface area contributed by atoms with E-state index in [2.05, 4.69) is 28.9 Å². The first-order valence-corrected chi connectivity index (χ1v) is 7.93. The van der Waals surface area contributed by atoms with Gasteiger partial charge in [-0.05, 0) is 12.2 Å². The molecule has 102 valence electrons. The minimum atomic E-state index is -0.510. The molecule has 18 heavy (non-hydrogen) atoms. The molecule has 0 aliphatic carbocycles. The fourth-order valence-electron chi connectivity index (χ4n) is 1.31. The van der Waals surface area contributed by atoms with Crippen molar-refractivity contribution < 1.29 is 9.53 Å². The van der Waals surface area contributed by atoms with Crippen LogP contribution >= 0.6 is 23.1 Å². The van der Waals surface area contributed by atoms with Crippen LogP contribution in [0, 0.1) is 0 Å². The summed E-state index contributed by atoms with van der Waals surface area (Å²) in [6, 6.07) is -0.510. The fourth-order valence-corrected chi connectivity index (χ4v) is 3.17. The molecule has 6 heteroatoms. The molecule has 4 nitrogen and oxygen atoms in total. The molecule has 0 amide bonds. The quantitative estimate of drug-likeness (QED) is 0.616. The molecular formula is C12H20N2O2S2. The molecule has 0 aromatic carbocycles. The van der Waals surface area contributed by atoms with E-state index < -0.39 is 6.04 Å². The Morgan fingerprint density at radius 1 is 1.61 bits per heavy atom. The monoisotopic (exact) mass is 288 g/mol. The number of aromatic nitrogens is 1. The van der Waals surface area contributed by atoms with Crippen molar-refractivity contribution in [3.63, 3.8) is 0 Å². The highest BCUT2D eigenvalue weighted by Gasteiger charge is 2.13. The molecule has 0 fully saturated rings. The lowest BCUT2D eigenvalue weighted by Gasteiger charge is -2.07. The zero-order valence-electron chi connectivity index (χ0n) is 11.0. The number of ether oxygens (including phenoxy) is 1. The zero-order valence-corrected chi connectivity index (χ0v) is 12.6. The summed E-state index contributed by atoms with van der Waals surface area (Å²) in [5.41, 5.74) is 6.76. The van der Waals surface area contributed by atoms with Crippen molar-refractivity contribution in [2.24, 2.45) is 5.73 Å². The van der Waals surface area contributed by atoms with E-state index in [0.717, 1.165) is 17.2 Å². The number of nitrogens with two attached hydrogens (primary N) is 1. The van der Waals surface area contributed by atoms with Crippen molar-refractivity contribution in [2.45, 2.75) is 38.0 Å². The van der Waals surface area contributed by atoms with Crippen molar-refractivity contribution in [1.29, 1.82) is 0 Å². The average Bonchev–Trinajstić information content (AvgIpc) is 2.82. The van der Waals surface area contributed by atoms with Crippen molar-refractivity contribution in [2.75, 3.05) is 12.9 Å². The molecule has 0 aliphatic rings. The van der Waals surface area contributed by atoms with Crippen LogP contribution in [0.3, 0.4) is 0 Å². The molecule has 1 rings (SSSR count). The molecule has 1 aromatic rings. The smallest absolute Gasteiger partial charge is 0.322 e. The normalized spacial score (nSPS) is 12.7. The van der Waals surface area contributed by atoms with Crippen molar-refractivity contribution in [3.8, 4) is 0 Å². The van der Waals surface area contributed by atoms with Crippen LogP contribution in [-0.4, -0.2) is 29.9 Å². The highest BCUT2D eigenvalue weighted by Crippen LogP contribution is 2.22. The lowest BCUT2D eigenvalue weighted by Crippen LogP contribution is -2.31. The Morgan fingerprint density at radius 3 is 2.89 bits per heavy atom. The van der Waals surface area contributed by atoms with E-state index in [1.807, 2.05) is 0 Å². The van der Waals surface area contributed by atoms with Gasteiger partial charge in [0.15, 0.2) is 0 Å². The molecule has 1 unspecified atom stereocenters. The number of nitrogens with zero attached hydrogens (tertiary/aromatic N) is 1. The standard InChI is InChI=1S/C12H20N2O2S2/c1-8(2)11-14-9(7-18-11)6-17-5-4-10(13)12(15)16-3/h7-8,10H,4-6,13H2,1-3H3. The van der Waals surface area contributed by atoms with Crippen LogP contribution in [0.2, 0.25) is 0 Å². The minimum absolute atomic E-state index is 0.341. The van der Waals surface area contributed by atoms with Crippen LogP contribution < -0.4 is 5.73 Å². The summed E-state index contributed by atoms with van der Waals surface area (Å²) in [6.45, 7) is 4.29. The van der Waals surface area contributed by atoms with E-state index in [9.17, 15) is 4.79 Å². The van der Waals surface area contributed by atoms with Crippen LogP contribution in [-0.2, 0) is 15.3 Å². The number of esters is 1. The number of thiazole rings is 1. The molecule has 0 saturated heterocycles. The molecule has 1 aromatic heterocycles. The van der Waals surface area contributed by atoms with E-state index in [1.165, 1.54) is 12.1 Å².